The van der Waals surface area contributed by atoms with E-state index in [0.717, 1.165) is 4.70 Å². The molecule has 108 valence electrons. The van der Waals surface area contributed by atoms with Crippen molar-refractivity contribution in [1.82, 2.24) is 4.31 Å². The molecule has 2 heterocycles. The van der Waals surface area contributed by atoms with Crippen molar-refractivity contribution in [2.24, 2.45) is 0 Å². The van der Waals surface area contributed by atoms with Gasteiger partial charge in [0.25, 0.3) is 0 Å². The number of aliphatic hydroxyl groups excluding tert-OH is 1. The van der Waals surface area contributed by atoms with Crippen LogP contribution in [0.3, 0.4) is 0 Å². The summed E-state index contributed by atoms with van der Waals surface area (Å²) in [6.45, 7) is 0.623. The maximum absolute atomic E-state index is 12.7. The van der Waals surface area contributed by atoms with Crippen LogP contribution in [-0.4, -0.2) is 37.0 Å². The monoisotopic (exact) mass is 331 g/mol. The van der Waals surface area contributed by atoms with E-state index in [-0.39, 0.29) is 11.4 Å². The molecule has 1 saturated heterocycles. The van der Waals surface area contributed by atoms with Gasteiger partial charge in [0, 0.05) is 33.6 Å². The molecule has 3 rings (SSSR count). The maximum atomic E-state index is 12.7. The Labute approximate surface area is 126 Å². The summed E-state index contributed by atoms with van der Waals surface area (Å²) in [5.41, 5.74) is 0. The van der Waals surface area contributed by atoms with E-state index in [2.05, 4.69) is 0 Å². The Morgan fingerprint density at radius 1 is 1.40 bits per heavy atom. The molecule has 1 aromatic heterocycles. The number of hydrogen-bond acceptors (Lipinski definition) is 4. The number of rotatable bonds is 2. The molecule has 1 aromatic carbocycles. The molecular weight excluding hydrogens is 318 g/mol. The number of aliphatic hydroxyl groups is 1. The van der Waals surface area contributed by atoms with Crippen LogP contribution < -0.4 is 0 Å². The van der Waals surface area contributed by atoms with E-state index in [1.54, 1.807) is 17.5 Å². The molecular formula is C13H14ClNO3S2. The number of benzene rings is 1. The zero-order valence-electron chi connectivity index (χ0n) is 10.6. The first kappa shape index (κ1) is 14.3. The fraction of sp³-hybridized carbons (Fsp3) is 0.385. The molecule has 1 fully saturated rings. The van der Waals surface area contributed by atoms with Gasteiger partial charge in [-0.25, -0.2) is 8.42 Å². The van der Waals surface area contributed by atoms with Gasteiger partial charge in [0.15, 0.2) is 0 Å². The highest BCUT2D eigenvalue weighted by molar-refractivity contribution is 7.89. The van der Waals surface area contributed by atoms with Crippen molar-refractivity contribution >= 4 is 43.0 Å². The van der Waals surface area contributed by atoms with Gasteiger partial charge in [-0.2, -0.15) is 4.31 Å². The average Bonchev–Trinajstić information content (AvgIpc) is 2.82. The number of hydrogen-bond donors (Lipinski definition) is 1. The van der Waals surface area contributed by atoms with Gasteiger partial charge in [-0.1, -0.05) is 11.6 Å². The van der Waals surface area contributed by atoms with Gasteiger partial charge in [-0.3, -0.25) is 0 Å². The second kappa shape index (κ2) is 5.27. The number of fused-ring (bicyclic) bond motifs is 1. The van der Waals surface area contributed by atoms with Crippen LogP contribution in [0.2, 0.25) is 5.02 Å². The van der Waals surface area contributed by atoms with Gasteiger partial charge in [-0.05, 0) is 31.0 Å². The van der Waals surface area contributed by atoms with Crippen molar-refractivity contribution in [1.29, 1.82) is 0 Å². The van der Waals surface area contributed by atoms with E-state index in [9.17, 15) is 13.5 Å². The summed E-state index contributed by atoms with van der Waals surface area (Å²) in [4.78, 5) is 0.286. The Balaban J connectivity index is 2.07. The fourth-order valence-electron chi connectivity index (χ4n) is 2.46. The normalized spacial score (nSPS) is 21.4. The zero-order valence-corrected chi connectivity index (χ0v) is 13.0. The minimum atomic E-state index is -3.57. The summed E-state index contributed by atoms with van der Waals surface area (Å²) in [6.07, 6.45) is 0.762. The van der Waals surface area contributed by atoms with Crippen LogP contribution in [0.4, 0.5) is 0 Å². The molecule has 1 unspecified atom stereocenters. The standard InChI is InChI=1S/C13H14ClNO3S2/c14-9-3-4-12-11(6-9)13(8-19-12)20(17,18)15-5-1-2-10(16)7-15/h3-4,6,8,10,16H,1-2,5,7H2. The first-order chi connectivity index (χ1) is 9.48. The number of piperidine rings is 1. The van der Waals surface area contributed by atoms with Crippen molar-refractivity contribution in [2.45, 2.75) is 23.8 Å². The van der Waals surface area contributed by atoms with Crippen molar-refractivity contribution in [3.05, 3.63) is 28.6 Å². The lowest BCUT2D eigenvalue weighted by molar-refractivity contribution is 0.108. The quantitative estimate of drug-likeness (QED) is 0.920. The predicted molar refractivity (Wildman–Crippen MR) is 80.8 cm³/mol. The minimum Gasteiger partial charge on any atom is -0.392 e. The lowest BCUT2D eigenvalue weighted by Crippen LogP contribution is -2.41. The molecule has 1 aliphatic heterocycles. The van der Waals surface area contributed by atoms with Crippen LogP contribution in [0, 0.1) is 0 Å². The summed E-state index contributed by atoms with van der Waals surface area (Å²) in [7, 11) is -3.57. The Kier molecular flexibility index (Phi) is 3.77. The highest BCUT2D eigenvalue weighted by atomic mass is 35.5. The van der Waals surface area contributed by atoms with Crippen LogP contribution in [-0.2, 0) is 10.0 Å². The molecule has 4 nitrogen and oxygen atoms in total. The molecule has 0 bridgehead atoms. The third kappa shape index (κ3) is 2.46. The number of halogens is 1. The molecule has 1 aliphatic rings. The Morgan fingerprint density at radius 3 is 2.95 bits per heavy atom. The molecule has 20 heavy (non-hydrogen) atoms. The van der Waals surface area contributed by atoms with E-state index < -0.39 is 16.1 Å². The molecule has 1 atom stereocenters. The van der Waals surface area contributed by atoms with Crippen molar-refractivity contribution in [2.75, 3.05) is 13.1 Å². The van der Waals surface area contributed by atoms with Crippen molar-refractivity contribution in [3.63, 3.8) is 0 Å². The SMILES string of the molecule is O=S(=O)(c1csc2ccc(Cl)cc12)N1CCCC(O)C1. The molecule has 0 aliphatic carbocycles. The molecule has 0 saturated carbocycles. The molecule has 0 spiro atoms. The first-order valence-corrected chi connectivity index (χ1v) is 9.03. The molecule has 2 aromatic rings. The molecule has 0 radical (unpaired) electrons. The van der Waals surface area contributed by atoms with Gasteiger partial charge >= 0.3 is 0 Å². The van der Waals surface area contributed by atoms with Gasteiger partial charge in [-0.15, -0.1) is 11.3 Å². The predicted octanol–water partition coefficient (Wildman–Crippen LogP) is 2.70. The Bertz CT molecular complexity index is 741. The lowest BCUT2D eigenvalue weighted by Gasteiger charge is -2.29. The van der Waals surface area contributed by atoms with E-state index in [0.29, 0.717) is 29.8 Å². The average molecular weight is 332 g/mol. The minimum absolute atomic E-state index is 0.167. The zero-order chi connectivity index (χ0) is 14.3. The van der Waals surface area contributed by atoms with Crippen LogP contribution in [0.5, 0.6) is 0 Å². The summed E-state index contributed by atoms with van der Waals surface area (Å²) in [6, 6.07) is 5.26. The van der Waals surface area contributed by atoms with E-state index in [4.69, 9.17) is 11.6 Å². The molecule has 1 N–H and O–H groups in total. The number of nitrogens with zero attached hydrogens (tertiary/aromatic N) is 1. The van der Waals surface area contributed by atoms with Crippen LogP contribution >= 0.6 is 22.9 Å². The smallest absolute Gasteiger partial charge is 0.244 e. The Hall–Kier alpha value is -0.660. The topological polar surface area (TPSA) is 57.6 Å². The van der Waals surface area contributed by atoms with Gasteiger partial charge in [0.2, 0.25) is 10.0 Å². The highest BCUT2D eigenvalue weighted by Crippen LogP contribution is 2.34. The van der Waals surface area contributed by atoms with E-state index in [1.165, 1.54) is 15.6 Å². The number of thiophene rings is 1. The van der Waals surface area contributed by atoms with E-state index >= 15 is 0 Å². The highest BCUT2D eigenvalue weighted by Gasteiger charge is 2.31. The van der Waals surface area contributed by atoms with Crippen molar-refractivity contribution in [3.8, 4) is 0 Å². The summed E-state index contributed by atoms with van der Waals surface area (Å²) < 4.78 is 27.7. The summed E-state index contributed by atoms with van der Waals surface area (Å²) >= 11 is 7.35. The van der Waals surface area contributed by atoms with Gasteiger partial charge < -0.3 is 5.11 Å². The van der Waals surface area contributed by atoms with Crippen LogP contribution in [0.15, 0.2) is 28.5 Å². The van der Waals surface area contributed by atoms with E-state index in [1.807, 2.05) is 6.07 Å². The largest absolute Gasteiger partial charge is 0.392 e. The second-order valence-corrected chi connectivity index (χ2v) is 8.15. The third-order valence-electron chi connectivity index (χ3n) is 3.48. The lowest BCUT2D eigenvalue weighted by atomic mass is 10.1. The Morgan fingerprint density at radius 2 is 2.20 bits per heavy atom. The second-order valence-electron chi connectivity index (χ2n) is 4.90. The van der Waals surface area contributed by atoms with Crippen LogP contribution in [0.25, 0.3) is 10.1 Å². The summed E-state index contributed by atoms with van der Waals surface area (Å²) in [5, 5.41) is 12.5. The van der Waals surface area contributed by atoms with Crippen LogP contribution in [0.1, 0.15) is 12.8 Å². The number of β-amino-alcohol motifs (C(OH)–C–C–N with tert-alkyl or cyclic N) is 1. The fourth-order valence-corrected chi connectivity index (χ4v) is 5.59. The maximum Gasteiger partial charge on any atom is 0.244 e. The van der Waals surface area contributed by atoms with Gasteiger partial charge in [0.05, 0.1) is 6.10 Å². The summed E-state index contributed by atoms with van der Waals surface area (Å²) in [5.74, 6) is 0. The third-order valence-corrected chi connectivity index (χ3v) is 6.73. The number of sulfonamides is 1. The van der Waals surface area contributed by atoms with Crippen molar-refractivity contribution < 1.29 is 13.5 Å². The molecule has 7 heteroatoms. The first-order valence-electron chi connectivity index (χ1n) is 6.33. The molecule has 0 amide bonds. The van der Waals surface area contributed by atoms with Gasteiger partial charge in [0.1, 0.15) is 4.90 Å².